The summed E-state index contributed by atoms with van der Waals surface area (Å²) in [6, 6.07) is 8.68. The highest BCUT2D eigenvalue weighted by atomic mass is 16.7. The molecule has 1 aliphatic rings. The SMILES string of the molecule is CC[C@@H](OC(=O)CCCCCc1ccccc1)[C@@H](O)C(CO[C@H]1OC(CO)[C@H](O)C(O)C1O)NC(=O)OCOC(C)=O. The van der Waals surface area contributed by atoms with Crippen molar-refractivity contribution in [3.63, 3.8) is 0 Å². The molecule has 2 rings (SSSR count). The smallest absolute Gasteiger partial charge is 0.410 e. The van der Waals surface area contributed by atoms with E-state index in [9.17, 15) is 39.9 Å². The molecule has 0 bridgehead atoms. The number of alkyl carbamates (subject to hydrolysis) is 1. The number of carbonyl (C=O) groups is 3. The van der Waals surface area contributed by atoms with E-state index in [0.717, 1.165) is 26.2 Å². The highest BCUT2D eigenvalue weighted by Gasteiger charge is 2.44. The second kappa shape index (κ2) is 18.6. The van der Waals surface area contributed by atoms with Gasteiger partial charge in [-0.05, 0) is 31.2 Å². The van der Waals surface area contributed by atoms with Crippen molar-refractivity contribution in [1.29, 1.82) is 0 Å². The van der Waals surface area contributed by atoms with Crippen LogP contribution in [0.1, 0.15) is 51.5 Å². The zero-order valence-corrected chi connectivity index (χ0v) is 23.9. The molecule has 238 valence electrons. The second-order valence-electron chi connectivity index (χ2n) is 9.94. The molecule has 4 unspecified atom stereocenters. The Morgan fingerprint density at radius 3 is 2.36 bits per heavy atom. The van der Waals surface area contributed by atoms with Crippen LogP contribution >= 0.6 is 0 Å². The number of unbranched alkanes of at least 4 members (excludes halogenated alkanes) is 2. The Hall–Kier alpha value is -2.85. The number of aryl methyl sites for hydroxylation is 1. The molecule has 1 saturated heterocycles. The molecule has 6 N–H and O–H groups in total. The molecular formula is C28H43NO13. The molecule has 42 heavy (non-hydrogen) atoms. The number of hydrogen-bond donors (Lipinski definition) is 6. The minimum absolute atomic E-state index is 0.127. The average Bonchev–Trinajstić information content (AvgIpc) is 2.97. The van der Waals surface area contributed by atoms with Crippen LogP contribution in [0.4, 0.5) is 4.79 Å². The van der Waals surface area contributed by atoms with Gasteiger partial charge in [0.25, 0.3) is 0 Å². The van der Waals surface area contributed by atoms with Crippen molar-refractivity contribution in [2.24, 2.45) is 0 Å². The lowest BCUT2D eigenvalue weighted by molar-refractivity contribution is -0.303. The van der Waals surface area contributed by atoms with Gasteiger partial charge in [-0.2, -0.15) is 0 Å². The average molecular weight is 602 g/mol. The molecule has 0 radical (unpaired) electrons. The topological polar surface area (TPSA) is 211 Å². The molecule has 1 aromatic carbocycles. The van der Waals surface area contributed by atoms with Crippen molar-refractivity contribution in [3.05, 3.63) is 35.9 Å². The molecule has 1 aliphatic heterocycles. The van der Waals surface area contributed by atoms with Crippen molar-refractivity contribution < 1.29 is 63.6 Å². The molecule has 1 fully saturated rings. The summed E-state index contributed by atoms with van der Waals surface area (Å²) in [5, 5.41) is 53.0. The highest BCUT2D eigenvalue weighted by Crippen LogP contribution is 2.23. The number of nitrogens with one attached hydrogen (secondary N) is 1. The Morgan fingerprint density at radius 1 is 1.00 bits per heavy atom. The number of aliphatic hydroxyl groups is 5. The van der Waals surface area contributed by atoms with E-state index in [-0.39, 0.29) is 12.8 Å². The van der Waals surface area contributed by atoms with Crippen LogP contribution in [0.5, 0.6) is 0 Å². The van der Waals surface area contributed by atoms with Crippen molar-refractivity contribution in [3.8, 4) is 0 Å². The summed E-state index contributed by atoms with van der Waals surface area (Å²) >= 11 is 0. The van der Waals surface area contributed by atoms with Crippen molar-refractivity contribution in [2.45, 2.75) is 101 Å². The molecule has 0 spiro atoms. The van der Waals surface area contributed by atoms with E-state index >= 15 is 0 Å². The van der Waals surface area contributed by atoms with Crippen LogP contribution in [0.25, 0.3) is 0 Å². The first-order valence-corrected chi connectivity index (χ1v) is 14.0. The van der Waals surface area contributed by atoms with Crippen LogP contribution in [-0.2, 0) is 39.7 Å². The summed E-state index contributed by atoms with van der Waals surface area (Å²) in [6.45, 7) is 0.854. The lowest BCUT2D eigenvalue weighted by Crippen LogP contribution is -2.60. The number of rotatable bonds is 17. The molecule has 8 atom stereocenters. The number of carbonyl (C=O) groups excluding carboxylic acids is 3. The molecule has 1 heterocycles. The van der Waals surface area contributed by atoms with E-state index in [4.69, 9.17) is 18.9 Å². The number of hydrogen-bond acceptors (Lipinski definition) is 13. The summed E-state index contributed by atoms with van der Waals surface area (Å²) in [5.41, 5.74) is 1.21. The van der Waals surface area contributed by atoms with Gasteiger partial charge in [-0.25, -0.2) is 4.79 Å². The number of ether oxygens (including phenoxy) is 5. The summed E-state index contributed by atoms with van der Waals surface area (Å²) in [6.07, 6.45) is -8.05. The van der Waals surface area contributed by atoms with Gasteiger partial charge < -0.3 is 54.5 Å². The third-order valence-electron chi connectivity index (χ3n) is 6.71. The minimum atomic E-state index is -1.72. The zero-order chi connectivity index (χ0) is 31.1. The third-order valence-corrected chi connectivity index (χ3v) is 6.71. The van der Waals surface area contributed by atoms with Crippen LogP contribution in [0.2, 0.25) is 0 Å². The molecule has 14 nitrogen and oxygen atoms in total. The van der Waals surface area contributed by atoms with Gasteiger partial charge in [0.2, 0.25) is 6.79 Å². The van der Waals surface area contributed by atoms with E-state index in [2.05, 4.69) is 10.1 Å². The molecule has 14 heteroatoms. The van der Waals surface area contributed by atoms with Gasteiger partial charge in [-0.15, -0.1) is 0 Å². The first-order chi connectivity index (χ1) is 20.1. The first kappa shape index (κ1) is 35.3. The molecular weight excluding hydrogens is 558 g/mol. The lowest BCUT2D eigenvalue weighted by Gasteiger charge is -2.40. The number of benzene rings is 1. The van der Waals surface area contributed by atoms with E-state index in [0.29, 0.717) is 6.42 Å². The van der Waals surface area contributed by atoms with Crippen LogP contribution in [0, 0.1) is 0 Å². The van der Waals surface area contributed by atoms with E-state index in [1.165, 1.54) is 5.56 Å². The second-order valence-corrected chi connectivity index (χ2v) is 9.94. The van der Waals surface area contributed by atoms with Crippen LogP contribution < -0.4 is 5.32 Å². The van der Waals surface area contributed by atoms with E-state index in [1.807, 2.05) is 30.3 Å². The third kappa shape index (κ3) is 11.8. The van der Waals surface area contributed by atoms with Crippen LogP contribution in [0.15, 0.2) is 30.3 Å². The predicted octanol–water partition coefficient (Wildman–Crippen LogP) is -0.0959. The zero-order valence-electron chi connectivity index (χ0n) is 23.9. The Bertz CT molecular complexity index is 947. The molecule has 1 amide bonds. The van der Waals surface area contributed by atoms with Gasteiger partial charge in [-0.1, -0.05) is 43.7 Å². The van der Waals surface area contributed by atoms with Crippen molar-refractivity contribution >= 4 is 18.0 Å². The maximum Gasteiger partial charge on any atom is 0.410 e. The number of esters is 2. The fourth-order valence-electron chi connectivity index (χ4n) is 4.29. The van der Waals surface area contributed by atoms with E-state index in [1.54, 1.807) is 6.92 Å². The maximum atomic E-state index is 12.5. The molecule has 0 aliphatic carbocycles. The Morgan fingerprint density at radius 2 is 1.71 bits per heavy atom. The van der Waals surface area contributed by atoms with Crippen LogP contribution in [0.3, 0.4) is 0 Å². The van der Waals surface area contributed by atoms with Crippen molar-refractivity contribution in [2.75, 3.05) is 20.0 Å². The molecule has 0 saturated carbocycles. The van der Waals surface area contributed by atoms with Gasteiger partial charge in [0.05, 0.1) is 19.3 Å². The maximum absolute atomic E-state index is 12.5. The van der Waals surface area contributed by atoms with Gasteiger partial charge >= 0.3 is 18.0 Å². The number of amides is 1. The normalized spacial score (nSPS) is 24.2. The van der Waals surface area contributed by atoms with Gasteiger partial charge in [0.1, 0.15) is 36.6 Å². The monoisotopic (exact) mass is 601 g/mol. The lowest BCUT2D eigenvalue weighted by atomic mass is 9.99. The molecule has 0 aromatic heterocycles. The van der Waals surface area contributed by atoms with Crippen molar-refractivity contribution in [1.82, 2.24) is 5.32 Å². The fourth-order valence-corrected chi connectivity index (χ4v) is 4.29. The minimum Gasteiger partial charge on any atom is -0.460 e. The number of aliphatic hydroxyl groups excluding tert-OH is 5. The quantitative estimate of drug-likeness (QED) is 0.0784. The standard InChI is InChI=1S/C28H43NO13/c1-3-20(41-22(32)13-9-5-8-12-18-10-6-4-7-11-18)23(33)19(29-28(37)40-16-39-17(2)31)15-38-27-26(36)25(35)24(34)21(14-30)42-27/h4,6-7,10-11,19-21,23-27,30,33-36H,3,5,8-9,12-16H2,1-2H3,(H,29,37)/t19?,20-,21?,23+,24+,25?,26?,27+/m1/s1. The van der Waals surface area contributed by atoms with Gasteiger partial charge in [0, 0.05) is 13.3 Å². The largest absolute Gasteiger partial charge is 0.460 e. The summed E-state index contributed by atoms with van der Waals surface area (Å²) in [4.78, 5) is 35.8. The summed E-state index contributed by atoms with van der Waals surface area (Å²) in [5.74, 6) is -1.23. The first-order valence-electron chi connectivity index (χ1n) is 14.0. The van der Waals surface area contributed by atoms with Gasteiger partial charge in [-0.3, -0.25) is 9.59 Å². The summed E-state index contributed by atoms with van der Waals surface area (Å²) < 4.78 is 25.6. The van der Waals surface area contributed by atoms with Crippen LogP contribution in [-0.4, -0.2) is 113 Å². The Balaban J connectivity index is 1.96. The van der Waals surface area contributed by atoms with Gasteiger partial charge in [0.15, 0.2) is 6.29 Å². The highest BCUT2D eigenvalue weighted by molar-refractivity contribution is 5.70. The molecule has 1 aromatic rings. The Kier molecular flexibility index (Phi) is 15.7. The summed E-state index contributed by atoms with van der Waals surface area (Å²) in [7, 11) is 0. The van der Waals surface area contributed by atoms with E-state index < -0.39 is 87.0 Å². The predicted molar refractivity (Wildman–Crippen MR) is 145 cm³/mol. The fraction of sp³-hybridized carbons (Fsp3) is 0.679. The Labute approximate surface area is 244 Å².